The molecule has 0 saturated carbocycles. The largest absolute Gasteiger partial charge is 0.324 e. The highest BCUT2D eigenvalue weighted by Crippen LogP contribution is 2.43. The number of carbonyl (C=O) groups is 2. The predicted octanol–water partition coefficient (Wildman–Crippen LogP) is 3.66. The van der Waals surface area contributed by atoms with Crippen LogP contribution >= 0.6 is 0 Å². The summed E-state index contributed by atoms with van der Waals surface area (Å²) in [5, 5.41) is 2.95. The number of rotatable bonds is 2. The molecule has 5 nitrogen and oxygen atoms in total. The van der Waals surface area contributed by atoms with Crippen LogP contribution in [0, 0.1) is 12.3 Å². The first-order valence-corrected chi connectivity index (χ1v) is 9.07. The van der Waals surface area contributed by atoms with Gasteiger partial charge in [-0.25, -0.2) is 4.79 Å². The Morgan fingerprint density at radius 3 is 2.42 bits per heavy atom. The lowest BCUT2D eigenvalue weighted by atomic mass is 9.71. The Bertz CT molecular complexity index is 826. The number of nitrogens with one attached hydrogen (secondary N) is 1. The Kier molecular flexibility index (Phi) is 4.15. The standard InChI is InChI=1S/C21H23N3O2/c1-16-6-5-7-17(14-16)22-20(26)23-12-10-21(11-13-23)15-24(19(21)25)18-8-3-2-4-9-18/h2-9,14H,10-13,15H2,1H3,(H,22,26). The molecule has 3 amide bonds. The van der Waals surface area contributed by atoms with Crippen LogP contribution < -0.4 is 10.2 Å². The fraction of sp³-hybridized carbons (Fsp3) is 0.333. The number of β-lactam (4-membered cyclic amide) rings is 1. The summed E-state index contributed by atoms with van der Waals surface area (Å²) in [6.07, 6.45) is 1.47. The first-order chi connectivity index (χ1) is 12.6. The minimum atomic E-state index is -0.282. The van der Waals surface area contributed by atoms with Crippen molar-refractivity contribution in [2.24, 2.45) is 5.41 Å². The van der Waals surface area contributed by atoms with Gasteiger partial charge in [-0.05, 0) is 49.6 Å². The number of carbonyl (C=O) groups excluding carboxylic acids is 2. The second kappa shape index (κ2) is 6.48. The van der Waals surface area contributed by atoms with Gasteiger partial charge in [0.25, 0.3) is 0 Å². The maximum Gasteiger partial charge on any atom is 0.321 e. The Morgan fingerprint density at radius 1 is 1.04 bits per heavy atom. The van der Waals surface area contributed by atoms with Gasteiger partial charge in [0, 0.05) is 31.0 Å². The number of likely N-dealkylation sites (tertiary alicyclic amines) is 1. The molecule has 2 aliphatic rings. The lowest BCUT2D eigenvalue weighted by molar-refractivity contribution is -0.138. The topological polar surface area (TPSA) is 52.7 Å². The van der Waals surface area contributed by atoms with Crippen LogP contribution in [0.5, 0.6) is 0 Å². The first-order valence-electron chi connectivity index (χ1n) is 9.07. The van der Waals surface area contributed by atoms with Crippen molar-refractivity contribution in [3.8, 4) is 0 Å². The molecule has 2 aromatic carbocycles. The molecule has 0 aliphatic carbocycles. The number of benzene rings is 2. The fourth-order valence-electron chi connectivity index (χ4n) is 3.89. The van der Waals surface area contributed by atoms with Crippen molar-refractivity contribution in [3.05, 3.63) is 60.2 Å². The number of para-hydroxylation sites is 1. The molecule has 0 atom stereocenters. The molecule has 0 unspecified atom stereocenters. The predicted molar refractivity (Wildman–Crippen MR) is 102 cm³/mol. The van der Waals surface area contributed by atoms with Crippen molar-refractivity contribution in [2.75, 3.05) is 29.9 Å². The van der Waals surface area contributed by atoms with Crippen LogP contribution in [0.2, 0.25) is 0 Å². The molecule has 0 radical (unpaired) electrons. The maximum absolute atomic E-state index is 12.8. The maximum atomic E-state index is 12.8. The van der Waals surface area contributed by atoms with Gasteiger partial charge < -0.3 is 15.1 Å². The average molecular weight is 349 g/mol. The van der Waals surface area contributed by atoms with E-state index in [1.54, 1.807) is 0 Å². The van der Waals surface area contributed by atoms with E-state index in [0.29, 0.717) is 13.1 Å². The Labute approximate surface area is 153 Å². The molecular formula is C21H23N3O2. The van der Waals surface area contributed by atoms with Crippen molar-refractivity contribution < 1.29 is 9.59 Å². The number of hydrogen-bond donors (Lipinski definition) is 1. The zero-order valence-corrected chi connectivity index (χ0v) is 14.9. The summed E-state index contributed by atoms with van der Waals surface area (Å²) in [6, 6.07) is 17.5. The van der Waals surface area contributed by atoms with E-state index in [0.717, 1.165) is 36.3 Å². The van der Waals surface area contributed by atoms with E-state index < -0.39 is 0 Å². The number of amides is 3. The van der Waals surface area contributed by atoms with E-state index in [1.165, 1.54) is 0 Å². The Morgan fingerprint density at radius 2 is 1.77 bits per heavy atom. The van der Waals surface area contributed by atoms with Crippen LogP contribution in [0.25, 0.3) is 0 Å². The fourth-order valence-corrected chi connectivity index (χ4v) is 3.89. The van der Waals surface area contributed by atoms with Crippen LogP contribution in [0.1, 0.15) is 18.4 Å². The highest BCUT2D eigenvalue weighted by molar-refractivity contribution is 6.04. The summed E-state index contributed by atoms with van der Waals surface area (Å²) < 4.78 is 0. The monoisotopic (exact) mass is 349 g/mol. The normalized spacial score (nSPS) is 18.6. The van der Waals surface area contributed by atoms with Gasteiger partial charge >= 0.3 is 6.03 Å². The van der Waals surface area contributed by atoms with E-state index in [4.69, 9.17) is 0 Å². The Hall–Kier alpha value is -2.82. The summed E-state index contributed by atoms with van der Waals surface area (Å²) in [5.74, 6) is 0.197. The van der Waals surface area contributed by atoms with Crippen molar-refractivity contribution in [2.45, 2.75) is 19.8 Å². The number of nitrogens with zero attached hydrogens (tertiary/aromatic N) is 2. The molecular weight excluding hydrogens is 326 g/mol. The van der Waals surface area contributed by atoms with E-state index >= 15 is 0 Å². The molecule has 2 saturated heterocycles. The molecule has 2 heterocycles. The molecule has 1 N–H and O–H groups in total. The smallest absolute Gasteiger partial charge is 0.321 e. The lowest BCUT2D eigenvalue weighted by Crippen LogP contribution is -2.65. The average Bonchev–Trinajstić information content (AvgIpc) is 2.67. The molecule has 0 aromatic heterocycles. The third-order valence-corrected chi connectivity index (χ3v) is 5.50. The van der Waals surface area contributed by atoms with E-state index in [1.807, 2.05) is 71.3 Å². The molecule has 1 spiro atoms. The zero-order valence-electron chi connectivity index (χ0n) is 14.9. The SMILES string of the molecule is Cc1cccc(NC(=O)N2CCC3(CC2)CN(c2ccccc2)C3=O)c1. The quantitative estimate of drug-likeness (QED) is 0.842. The van der Waals surface area contributed by atoms with Gasteiger partial charge in [-0.15, -0.1) is 0 Å². The van der Waals surface area contributed by atoms with Gasteiger partial charge in [0.05, 0.1) is 5.41 Å². The third kappa shape index (κ3) is 2.94. The highest BCUT2D eigenvalue weighted by atomic mass is 16.2. The molecule has 2 fully saturated rings. The van der Waals surface area contributed by atoms with Gasteiger partial charge in [0.1, 0.15) is 0 Å². The van der Waals surface area contributed by atoms with Gasteiger partial charge in [-0.2, -0.15) is 0 Å². The minimum absolute atomic E-state index is 0.0860. The van der Waals surface area contributed by atoms with Gasteiger partial charge in [0.15, 0.2) is 0 Å². The van der Waals surface area contributed by atoms with Crippen LogP contribution in [0.4, 0.5) is 16.2 Å². The first kappa shape index (κ1) is 16.6. The minimum Gasteiger partial charge on any atom is -0.324 e. The number of urea groups is 1. The number of aryl methyl sites for hydroxylation is 1. The number of piperidine rings is 1. The summed E-state index contributed by atoms with van der Waals surface area (Å²) >= 11 is 0. The summed E-state index contributed by atoms with van der Waals surface area (Å²) in [6.45, 7) is 3.99. The molecule has 2 aliphatic heterocycles. The van der Waals surface area contributed by atoms with Gasteiger partial charge in [-0.3, -0.25) is 4.79 Å². The van der Waals surface area contributed by atoms with Crippen LogP contribution in [-0.4, -0.2) is 36.5 Å². The van der Waals surface area contributed by atoms with Crippen LogP contribution in [0.3, 0.4) is 0 Å². The van der Waals surface area contributed by atoms with Gasteiger partial charge in [-0.1, -0.05) is 30.3 Å². The number of anilines is 2. The van der Waals surface area contributed by atoms with E-state index in [-0.39, 0.29) is 17.4 Å². The molecule has 26 heavy (non-hydrogen) atoms. The third-order valence-electron chi connectivity index (χ3n) is 5.50. The van der Waals surface area contributed by atoms with Crippen molar-refractivity contribution in [3.63, 3.8) is 0 Å². The second-order valence-corrected chi connectivity index (χ2v) is 7.29. The summed E-state index contributed by atoms with van der Waals surface area (Å²) in [7, 11) is 0. The molecule has 0 bridgehead atoms. The van der Waals surface area contributed by atoms with E-state index in [9.17, 15) is 9.59 Å². The lowest BCUT2D eigenvalue weighted by Gasteiger charge is -2.52. The number of hydrogen-bond acceptors (Lipinski definition) is 2. The van der Waals surface area contributed by atoms with Gasteiger partial charge in [0.2, 0.25) is 5.91 Å². The highest BCUT2D eigenvalue weighted by Gasteiger charge is 2.53. The van der Waals surface area contributed by atoms with Crippen molar-refractivity contribution >= 4 is 23.3 Å². The molecule has 134 valence electrons. The van der Waals surface area contributed by atoms with Crippen molar-refractivity contribution in [1.29, 1.82) is 0 Å². The molecule has 4 rings (SSSR count). The van der Waals surface area contributed by atoms with Crippen molar-refractivity contribution in [1.82, 2.24) is 4.90 Å². The molecule has 2 aromatic rings. The Balaban J connectivity index is 1.34. The summed E-state index contributed by atoms with van der Waals surface area (Å²) in [4.78, 5) is 28.9. The van der Waals surface area contributed by atoms with E-state index in [2.05, 4.69) is 5.32 Å². The molecule has 5 heteroatoms. The summed E-state index contributed by atoms with van der Waals surface area (Å²) in [5.41, 5.74) is 2.60. The van der Waals surface area contributed by atoms with Crippen LogP contribution in [0.15, 0.2) is 54.6 Å². The zero-order chi connectivity index (χ0) is 18.1. The second-order valence-electron chi connectivity index (χ2n) is 7.29. The van der Waals surface area contributed by atoms with Crippen LogP contribution in [-0.2, 0) is 4.79 Å².